The molecule has 0 spiro atoms. The zero-order valence-corrected chi connectivity index (χ0v) is 12.8. The molecular formula is C15H15Cl2N3O. The summed E-state index contributed by atoms with van der Waals surface area (Å²) in [5.41, 5.74) is 6.98. The summed E-state index contributed by atoms with van der Waals surface area (Å²) in [6, 6.07) is 10.1. The van der Waals surface area contributed by atoms with E-state index in [0.717, 1.165) is 12.8 Å². The van der Waals surface area contributed by atoms with E-state index < -0.39 is 0 Å². The quantitative estimate of drug-likeness (QED) is 0.794. The van der Waals surface area contributed by atoms with Gasteiger partial charge < -0.3 is 0 Å². The molecule has 0 aliphatic heterocycles. The number of carbonyl (C=O) groups is 1. The number of anilines is 1. The molecule has 110 valence electrons. The van der Waals surface area contributed by atoms with E-state index in [9.17, 15) is 4.79 Å². The molecule has 0 atom stereocenters. The third-order valence-electron chi connectivity index (χ3n) is 2.89. The Labute approximate surface area is 133 Å². The van der Waals surface area contributed by atoms with Crippen molar-refractivity contribution in [3.05, 3.63) is 58.3 Å². The number of amides is 1. The minimum absolute atomic E-state index is 0.116. The van der Waals surface area contributed by atoms with Crippen LogP contribution in [0.1, 0.15) is 18.4 Å². The molecule has 0 saturated carbocycles. The number of rotatable bonds is 6. The SMILES string of the molecule is O=C(CCCc1ccccc1)NNc1c(Cl)cncc1Cl. The molecule has 1 aromatic carbocycles. The van der Waals surface area contributed by atoms with Gasteiger partial charge in [-0.3, -0.25) is 20.6 Å². The summed E-state index contributed by atoms with van der Waals surface area (Å²) >= 11 is 11.9. The van der Waals surface area contributed by atoms with Crippen LogP contribution in [-0.2, 0) is 11.2 Å². The van der Waals surface area contributed by atoms with E-state index in [0.29, 0.717) is 22.2 Å². The minimum Gasteiger partial charge on any atom is -0.295 e. The van der Waals surface area contributed by atoms with Crippen molar-refractivity contribution in [1.29, 1.82) is 0 Å². The minimum atomic E-state index is -0.116. The Morgan fingerprint density at radius 3 is 2.43 bits per heavy atom. The Kier molecular flexibility index (Phi) is 5.84. The summed E-state index contributed by atoms with van der Waals surface area (Å²) in [5, 5.41) is 0.708. The molecule has 1 aromatic heterocycles. The van der Waals surface area contributed by atoms with Crippen molar-refractivity contribution in [1.82, 2.24) is 10.4 Å². The van der Waals surface area contributed by atoms with Crippen molar-refractivity contribution in [2.45, 2.75) is 19.3 Å². The van der Waals surface area contributed by atoms with E-state index in [1.807, 2.05) is 30.3 Å². The van der Waals surface area contributed by atoms with Crippen LogP contribution in [-0.4, -0.2) is 10.9 Å². The average Bonchev–Trinajstić information content (AvgIpc) is 2.48. The van der Waals surface area contributed by atoms with Gasteiger partial charge in [0.25, 0.3) is 0 Å². The van der Waals surface area contributed by atoms with Crippen LogP contribution < -0.4 is 10.9 Å². The lowest BCUT2D eigenvalue weighted by atomic mass is 10.1. The van der Waals surface area contributed by atoms with Crippen LogP contribution in [0.5, 0.6) is 0 Å². The molecule has 1 amide bonds. The Bertz CT molecular complexity index is 585. The average molecular weight is 324 g/mol. The highest BCUT2D eigenvalue weighted by Gasteiger charge is 2.07. The molecule has 0 saturated heterocycles. The van der Waals surface area contributed by atoms with Gasteiger partial charge in [0.15, 0.2) is 0 Å². The predicted octanol–water partition coefficient (Wildman–Crippen LogP) is 3.85. The Balaban J connectivity index is 1.75. The molecule has 2 aromatic rings. The fourth-order valence-corrected chi connectivity index (χ4v) is 2.28. The number of benzene rings is 1. The number of carbonyl (C=O) groups excluding carboxylic acids is 1. The van der Waals surface area contributed by atoms with Crippen molar-refractivity contribution < 1.29 is 4.79 Å². The third-order valence-corrected chi connectivity index (χ3v) is 3.47. The number of nitrogens with one attached hydrogen (secondary N) is 2. The van der Waals surface area contributed by atoms with E-state index in [2.05, 4.69) is 15.8 Å². The van der Waals surface area contributed by atoms with Crippen molar-refractivity contribution >= 4 is 34.8 Å². The number of halogens is 2. The van der Waals surface area contributed by atoms with Gasteiger partial charge in [-0.2, -0.15) is 0 Å². The second kappa shape index (κ2) is 7.86. The standard InChI is InChI=1S/C15H15Cl2N3O/c16-12-9-18-10-13(17)15(12)20-19-14(21)8-4-7-11-5-2-1-3-6-11/h1-3,5-6,9-10H,4,7-8H2,(H,18,20)(H,19,21). The number of hydrogen-bond donors (Lipinski definition) is 2. The van der Waals surface area contributed by atoms with E-state index in [4.69, 9.17) is 23.2 Å². The van der Waals surface area contributed by atoms with E-state index in [-0.39, 0.29) is 5.91 Å². The number of aromatic nitrogens is 1. The normalized spacial score (nSPS) is 10.2. The van der Waals surface area contributed by atoms with Crippen LogP contribution in [0.4, 0.5) is 5.69 Å². The highest BCUT2D eigenvalue weighted by Crippen LogP contribution is 2.27. The molecule has 0 aliphatic carbocycles. The maximum Gasteiger partial charge on any atom is 0.238 e. The lowest BCUT2D eigenvalue weighted by molar-refractivity contribution is -0.120. The summed E-state index contributed by atoms with van der Waals surface area (Å²) < 4.78 is 0. The summed E-state index contributed by atoms with van der Waals surface area (Å²) in [4.78, 5) is 15.6. The maximum absolute atomic E-state index is 11.8. The van der Waals surface area contributed by atoms with E-state index in [1.54, 1.807) is 0 Å². The number of hydrogen-bond acceptors (Lipinski definition) is 3. The van der Waals surface area contributed by atoms with Gasteiger partial charge >= 0.3 is 0 Å². The smallest absolute Gasteiger partial charge is 0.238 e. The van der Waals surface area contributed by atoms with Crippen LogP contribution in [0.15, 0.2) is 42.7 Å². The molecule has 0 bridgehead atoms. The highest BCUT2D eigenvalue weighted by molar-refractivity contribution is 6.38. The molecule has 21 heavy (non-hydrogen) atoms. The van der Waals surface area contributed by atoms with Gasteiger partial charge in [-0.1, -0.05) is 53.5 Å². The summed E-state index contributed by atoms with van der Waals surface area (Å²) in [6.07, 6.45) is 4.97. The summed E-state index contributed by atoms with van der Waals surface area (Å²) in [6.45, 7) is 0. The zero-order chi connectivity index (χ0) is 15.1. The van der Waals surface area contributed by atoms with Crippen LogP contribution in [0.3, 0.4) is 0 Å². The van der Waals surface area contributed by atoms with Gasteiger partial charge in [0.2, 0.25) is 5.91 Å². The first kappa shape index (κ1) is 15.6. The van der Waals surface area contributed by atoms with Gasteiger partial charge in [-0.05, 0) is 18.4 Å². The second-order valence-corrected chi connectivity index (χ2v) is 5.30. The molecule has 0 radical (unpaired) electrons. The Morgan fingerprint density at radius 2 is 1.76 bits per heavy atom. The monoisotopic (exact) mass is 323 g/mol. The van der Waals surface area contributed by atoms with Crippen LogP contribution in [0.25, 0.3) is 0 Å². The fourth-order valence-electron chi connectivity index (χ4n) is 1.82. The molecule has 4 nitrogen and oxygen atoms in total. The topological polar surface area (TPSA) is 54.0 Å². The van der Waals surface area contributed by atoms with Gasteiger partial charge in [0.1, 0.15) is 0 Å². The molecule has 2 rings (SSSR count). The lowest BCUT2D eigenvalue weighted by Gasteiger charge is -2.11. The summed E-state index contributed by atoms with van der Waals surface area (Å²) in [7, 11) is 0. The predicted molar refractivity (Wildman–Crippen MR) is 85.4 cm³/mol. The molecule has 0 fully saturated rings. The first-order valence-electron chi connectivity index (χ1n) is 6.54. The third kappa shape index (κ3) is 4.92. The Morgan fingerprint density at radius 1 is 1.10 bits per heavy atom. The lowest BCUT2D eigenvalue weighted by Crippen LogP contribution is -2.29. The molecule has 0 aliphatic rings. The number of nitrogens with zero attached hydrogens (tertiary/aromatic N) is 1. The van der Waals surface area contributed by atoms with Gasteiger partial charge in [-0.15, -0.1) is 0 Å². The zero-order valence-electron chi connectivity index (χ0n) is 11.3. The molecule has 6 heteroatoms. The van der Waals surface area contributed by atoms with Crippen LogP contribution in [0, 0.1) is 0 Å². The number of pyridine rings is 1. The van der Waals surface area contributed by atoms with Gasteiger partial charge in [0.05, 0.1) is 15.7 Å². The molecule has 2 N–H and O–H groups in total. The van der Waals surface area contributed by atoms with Crippen LogP contribution in [0.2, 0.25) is 10.0 Å². The van der Waals surface area contributed by atoms with Crippen molar-refractivity contribution in [3.63, 3.8) is 0 Å². The molecule has 0 unspecified atom stereocenters. The molecular weight excluding hydrogens is 309 g/mol. The van der Waals surface area contributed by atoms with E-state index in [1.165, 1.54) is 18.0 Å². The van der Waals surface area contributed by atoms with Crippen LogP contribution >= 0.6 is 23.2 Å². The first-order valence-corrected chi connectivity index (χ1v) is 7.30. The largest absolute Gasteiger partial charge is 0.295 e. The summed E-state index contributed by atoms with van der Waals surface area (Å²) in [5.74, 6) is -0.116. The maximum atomic E-state index is 11.8. The first-order chi connectivity index (χ1) is 10.2. The molecule has 1 heterocycles. The van der Waals surface area contributed by atoms with E-state index >= 15 is 0 Å². The van der Waals surface area contributed by atoms with Crippen molar-refractivity contribution in [2.24, 2.45) is 0 Å². The van der Waals surface area contributed by atoms with Gasteiger partial charge in [0, 0.05) is 18.8 Å². The fraction of sp³-hybridized carbons (Fsp3) is 0.200. The number of hydrazine groups is 1. The van der Waals surface area contributed by atoms with Crippen molar-refractivity contribution in [3.8, 4) is 0 Å². The van der Waals surface area contributed by atoms with Crippen molar-refractivity contribution in [2.75, 3.05) is 5.43 Å². The number of aryl methyl sites for hydroxylation is 1. The van der Waals surface area contributed by atoms with Gasteiger partial charge in [-0.25, -0.2) is 0 Å². The highest BCUT2D eigenvalue weighted by atomic mass is 35.5. The second-order valence-electron chi connectivity index (χ2n) is 4.49. The Hall–Kier alpha value is -1.78.